The molecular formula is C16H10BrClF3NO. The molecule has 0 unspecified atom stereocenters. The monoisotopic (exact) mass is 403 g/mol. The van der Waals surface area contributed by atoms with Gasteiger partial charge in [-0.3, -0.25) is 0 Å². The molecule has 0 aliphatic heterocycles. The van der Waals surface area contributed by atoms with Crippen molar-refractivity contribution in [1.29, 1.82) is 0 Å². The highest BCUT2D eigenvalue weighted by molar-refractivity contribution is 9.10. The summed E-state index contributed by atoms with van der Waals surface area (Å²) in [7, 11) is 0. The van der Waals surface area contributed by atoms with Crippen LogP contribution in [-0.4, -0.2) is 9.67 Å². The highest BCUT2D eigenvalue weighted by atomic mass is 79.9. The van der Waals surface area contributed by atoms with Crippen LogP contribution in [0.4, 0.5) is 13.2 Å². The first kappa shape index (κ1) is 16.2. The minimum Gasteiger partial charge on any atom is -0.494 e. The number of aromatic nitrogens is 1. The van der Waals surface area contributed by atoms with Crippen molar-refractivity contribution in [2.24, 2.45) is 0 Å². The van der Waals surface area contributed by atoms with Crippen LogP contribution in [0.5, 0.6) is 5.88 Å². The quantitative estimate of drug-likeness (QED) is 0.571. The Labute approximate surface area is 143 Å². The molecule has 0 amide bonds. The molecule has 0 atom stereocenters. The molecular weight excluding hydrogens is 395 g/mol. The van der Waals surface area contributed by atoms with Crippen LogP contribution in [0.25, 0.3) is 10.8 Å². The molecule has 1 N–H and O–H groups in total. The van der Waals surface area contributed by atoms with Gasteiger partial charge in [-0.1, -0.05) is 39.7 Å². The minimum atomic E-state index is -4.36. The zero-order valence-corrected chi connectivity index (χ0v) is 13.9. The van der Waals surface area contributed by atoms with E-state index >= 15 is 0 Å². The second-order valence-corrected chi connectivity index (χ2v) is 6.45. The fraction of sp³-hybridized carbons (Fsp3) is 0.125. The predicted molar refractivity (Wildman–Crippen MR) is 86.9 cm³/mol. The summed E-state index contributed by atoms with van der Waals surface area (Å²) in [6.45, 7) is 0.243. The zero-order valence-electron chi connectivity index (χ0n) is 11.5. The molecule has 0 saturated carbocycles. The Hall–Kier alpha value is -1.66. The number of aromatic hydroxyl groups is 1. The molecule has 0 aliphatic rings. The molecule has 7 heteroatoms. The molecule has 2 aromatic carbocycles. The van der Waals surface area contributed by atoms with Gasteiger partial charge in [0.15, 0.2) is 0 Å². The number of fused-ring (bicyclic) bond motifs is 1. The molecule has 0 saturated heterocycles. The smallest absolute Gasteiger partial charge is 0.416 e. The summed E-state index contributed by atoms with van der Waals surface area (Å²) in [4.78, 5) is 0. The Morgan fingerprint density at radius 3 is 2.39 bits per heavy atom. The van der Waals surface area contributed by atoms with E-state index in [1.54, 1.807) is 16.8 Å². The molecule has 1 heterocycles. The van der Waals surface area contributed by atoms with Crippen molar-refractivity contribution in [2.45, 2.75) is 12.7 Å². The van der Waals surface area contributed by atoms with Gasteiger partial charge in [-0.2, -0.15) is 13.2 Å². The van der Waals surface area contributed by atoms with Gasteiger partial charge in [0.25, 0.3) is 0 Å². The van der Waals surface area contributed by atoms with Crippen LogP contribution >= 0.6 is 27.5 Å². The maximum Gasteiger partial charge on any atom is 0.416 e. The summed E-state index contributed by atoms with van der Waals surface area (Å²) >= 11 is 9.46. The van der Waals surface area contributed by atoms with Gasteiger partial charge in [0, 0.05) is 16.1 Å². The van der Waals surface area contributed by atoms with E-state index in [1.165, 1.54) is 12.1 Å². The Balaban J connectivity index is 1.96. The molecule has 1 aromatic heterocycles. The number of hydrogen-bond acceptors (Lipinski definition) is 1. The molecule has 0 aliphatic carbocycles. The van der Waals surface area contributed by atoms with Gasteiger partial charge in [0.1, 0.15) is 0 Å². The van der Waals surface area contributed by atoms with Crippen molar-refractivity contribution in [1.82, 2.24) is 4.57 Å². The van der Waals surface area contributed by atoms with Crippen molar-refractivity contribution >= 4 is 38.3 Å². The van der Waals surface area contributed by atoms with Crippen molar-refractivity contribution < 1.29 is 18.3 Å². The van der Waals surface area contributed by atoms with Gasteiger partial charge >= 0.3 is 6.18 Å². The normalized spacial score (nSPS) is 12.0. The second-order valence-electron chi connectivity index (χ2n) is 5.13. The average Bonchev–Trinajstić information content (AvgIpc) is 2.74. The van der Waals surface area contributed by atoms with Gasteiger partial charge in [-0.25, -0.2) is 0 Å². The molecule has 3 aromatic rings. The largest absolute Gasteiger partial charge is 0.494 e. The van der Waals surface area contributed by atoms with Crippen LogP contribution in [0.3, 0.4) is 0 Å². The van der Waals surface area contributed by atoms with Crippen LogP contribution < -0.4 is 0 Å². The lowest BCUT2D eigenvalue weighted by molar-refractivity contribution is -0.137. The van der Waals surface area contributed by atoms with Crippen LogP contribution in [0.1, 0.15) is 11.1 Å². The number of benzene rings is 2. The standard InChI is InChI=1S/C16H10BrClF3NO/c17-12-5-10-8-22(15(23)14(10)13(18)6-12)7-9-1-3-11(4-2-9)16(19,20)21/h1-6,8,23H,7H2. The van der Waals surface area contributed by atoms with Crippen LogP contribution in [0.2, 0.25) is 5.02 Å². The van der Waals surface area contributed by atoms with Crippen LogP contribution in [0, 0.1) is 0 Å². The maximum absolute atomic E-state index is 12.6. The summed E-state index contributed by atoms with van der Waals surface area (Å²) in [6.07, 6.45) is -2.65. The number of halogens is 5. The Morgan fingerprint density at radius 2 is 1.78 bits per heavy atom. The van der Waals surface area contributed by atoms with E-state index in [9.17, 15) is 18.3 Å². The first-order valence-corrected chi connectivity index (χ1v) is 7.76. The molecule has 0 bridgehead atoms. The van der Waals surface area contributed by atoms with Gasteiger partial charge in [0.2, 0.25) is 5.88 Å². The van der Waals surface area contributed by atoms with E-state index < -0.39 is 11.7 Å². The van der Waals surface area contributed by atoms with E-state index in [4.69, 9.17) is 11.6 Å². The molecule has 0 spiro atoms. The van der Waals surface area contributed by atoms with Crippen molar-refractivity contribution in [3.05, 3.63) is 63.2 Å². The maximum atomic E-state index is 12.6. The first-order valence-electron chi connectivity index (χ1n) is 6.58. The molecule has 23 heavy (non-hydrogen) atoms. The van der Waals surface area contributed by atoms with Crippen molar-refractivity contribution in [2.75, 3.05) is 0 Å². The SMILES string of the molecule is Oc1c2c(Cl)cc(Br)cc2cn1Cc1ccc(C(F)(F)F)cc1. The number of hydrogen-bond donors (Lipinski definition) is 1. The zero-order chi connectivity index (χ0) is 16.8. The predicted octanol–water partition coefficient (Wildman–Crippen LogP) is 5.83. The summed E-state index contributed by atoms with van der Waals surface area (Å²) in [5.41, 5.74) is -0.0566. The molecule has 0 radical (unpaired) electrons. The minimum absolute atomic E-state index is 0.0163. The Bertz CT molecular complexity index is 872. The molecule has 0 fully saturated rings. The van der Waals surface area contributed by atoms with E-state index in [-0.39, 0.29) is 12.4 Å². The van der Waals surface area contributed by atoms with Gasteiger partial charge in [0.05, 0.1) is 22.5 Å². The Morgan fingerprint density at radius 1 is 1.13 bits per heavy atom. The average molecular weight is 405 g/mol. The lowest BCUT2D eigenvalue weighted by Gasteiger charge is -2.09. The van der Waals surface area contributed by atoms with Gasteiger partial charge < -0.3 is 9.67 Å². The second kappa shape index (κ2) is 5.76. The van der Waals surface area contributed by atoms with E-state index in [2.05, 4.69) is 15.9 Å². The van der Waals surface area contributed by atoms with Gasteiger partial charge in [-0.15, -0.1) is 0 Å². The summed E-state index contributed by atoms with van der Waals surface area (Å²) in [5.74, 6) is -0.0163. The third kappa shape index (κ3) is 3.19. The van der Waals surface area contributed by atoms with E-state index in [0.29, 0.717) is 16.0 Å². The summed E-state index contributed by atoms with van der Waals surface area (Å²) in [5, 5.41) is 12.0. The number of alkyl halides is 3. The number of rotatable bonds is 2. The third-order valence-corrected chi connectivity index (χ3v) is 4.27. The van der Waals surface area contributed by atoms with Crippen molar-refractivity contribution in [3.8, 4) is 5.88 Å². The molecule has 120 valence electrons. The number of nitrogens with zero attached hydrogens (tertiary/aromatic N) is 1. The summed E-state index contributed by atoms with van der Waals surface area (Å²) in [6, 6.07) is 8.32. The molecule has 2 nitrogen and oxygen atoms in total. The van der Waals surface area contributed by atoms with E-state index in [0.717, 1.165) is 22.0 Å². The lowest BCUT2D eigenvalue weighted by atomic mass is 10.1. The fourth-order valence-electron chi connectivity index (χ4n) is 2.42. The highest BCUT2D eigenvalue weighted by Crippen LogP contribution is 2.36. The lowest BCUT2D eigenvalue weighted by Crippen LogP contribution is -2.05. The fourth-order valence-corrected chi connectivity index (χ4v) is 3.34. The van der Waals surface area contributed by atoms with Gasteiger partial charge in [-0.05, 0) is 29.8 Å². The topological polar surface area (TPSA) is 25.2 Å². The molecule has 3 rings (SSSR count). The summed E-state index contributed by atoms with van der Waals surface area (Å²) < 4.78 is 40.0. The first-order chi connectivity index (χ1) is 10.8. The van der Waals surface area contributed by atoms with Crippen LogP contribution in [0.15, 0.2) is 47.1 Å². The van der Waals surface area contributed by atoms with E-state index in [1.807, 2.05) is 6.07 Å². The third-order valence-electron chi connectivity index (χ3n) is 3.51. The van der Waals surface area contributed by atoms with Crippen LogP contribution in [-0.2, 0) is 12.7 Å². The highest BCUT2D eigenvalue weighted by Gasteiger charge is 2.29. The van der Waals surface area contributed by atoms with Crippen molar-refractivity contribution in [3.63, 3.8) is 0 Å². The Kier molecular flexibility index (Phi) is 4.06.